The van der Waals surface area contributed by atoms with E-state index >= 15 is 0 Å². The summed E-state index contributed by atoms with van der Waals surface area (Å²) >= 11 is 5.91. The van der Waals surface area contributed by atoms with Crippen molar-refractivity contribution in [3.8, 4) is 45.6 Å². The highest BCUT2D eigenvalue weighted by Crippen LogP contribution is 2.41. The van der Waals surface area contributed by atoms with Gasteiger partial charge in [-0.1, -0.05) is 42.5 Å². The van der Waals surface area contributed by atoms with Crippen LogP contribution in [0, 0.1) is 0 Å². The van der Waals surface area contributed by atoms with Gasteiger partial charge in [-0.2, -0.15) is 40.2 Å². The molecule has 0 fully saturated rings. The molecule has 6 heterocycles. The molecule has 0 atom stereocenters. The van der Waals surface area contributed by atoms with Crippen LogP contribution in [-0.2, 0) is 40.4 Å². The fourth-order valence-electron chi connectivity index (χ4n) is 8.06. The highest BCUT2D eigenvalue weighted by atomic mass is 35.5. The Balaban J connectivity index is 1.19. The van der Waals surface area contributed by atoms with E-state index in [2.05, 4.69) is 64.9 Å². The van der Waals surface area contributed by atoms with Crippen molar-refractivity contribution < 1.29 is 47.3 Å². The number of aromatic amines is 2. The van der Waals surface area contributed by atoms with Crippen LogP contribution in [0.5, 0.6) is 0 Å². The number of H-pyrrole nitrogens is 2. The minimum atomic E-state index is -5.01. The zero-order chi connectivity index (χ0) is 49.9. The van der Waals surface area contributed by atoms with Crippen molar-refractivity contribution in [2.24, 2.45) is 0 Å². The van der Waals surface area contributed by atoms with Gasteiger partial charge in [-0.05, 0) is 66.2 Å². The van der Waals surface area contributed by atoms with Crippen molar-refractivity contribution in [3.63, 3.8) is 0 Å². The molecule has 71 heavy (non-hydrogen) atoms. The molecule has 9 N–H and O–H groups in total. The number of hydrogen-bond acceptors (Lipinski definition) is 19. The van der Waals surface area contributed by atoms with E-state index in [0.717, 1.165) is 18.2 Å². The number of rotatable bonds is 8. The molecule has 0 amide bonds. The number of nitrogens with one attached hydrogen (secondary N) is 4. The van der Waals surface area contributed by atoms with Crippen molar-refractivity contribution in [2.75, 3.05) is 15.8 Å². The summed E-state index contributed by atoms with van der Waals surface area (Å²) in [4.78, 5) is 43.0. The van der Waals surface area contributed by atoms with Gasteiger partial charge in [-0.3, -0.25) is 18.4 Å². The fourth-order valence-corrected chi connectivity index (χ4v) is 11.4. The number of nitrogens with zero attached hydrogens (tertiary/aromatic N) is 9. The topological polar surface area (TPSA) is 395 Å². The molecule has 8 bridgehead atoms. The molecule has 30 heteroatoms. The summed E-state index contributed by atoms with van der Waals surface area (Å²) in [7, 11) is -19.5. The minimum absolute atomic E-state index is 0.00247. The lowest BCUT2D eigenvalue weighted by Crippen LogP contribution is -2.13. The highest BCUT2D eigenvalue weighted by Gasteiger charge is 2.30. The van der Waals surface area contributed by atoms with E-state index in [0.29, 0.717) is 5.69 Å². The Kier molecular flexibility index (Phi) is 10.2. The Morgan fingerprint density at radius 3 is 1.63 bits per heavy atom. The van der Waals surface area contributed by atoms with Gasteiger partial charge in [-0.25, -0.2) is 38.3 Å². The zero-order valence-corrected chi connectivity index (χ0v) is 39.0. The van der Waals surface area contributed by atoms with Gasteiger partial charge in [0, 0.05) is 43.9 Å². The summed E-state index contributed by atoms with van der Waals surface area (Å²) in [5.41, 5.74) is 5.13. The number of halogens is 1. The Morgan fingerprint density at radius 2 is 1.01 bits per heavy atom. The maximum Gasteiger partial charge on any atom is 0.295 e. The first kappa shape index (κ1) is 45.3. The number of fused-ring (bicyclic) bond motifs is 20. The summed E-state index contributed by atoms with van der Waals surface area (Å²) in [5, 5.41) is 2.32. The second kappa shape index (κ2) is 15.9. The van der Waals surface area contributed by atoms with Gasteiger partial charge in [0.05, 0.1) is 16.1 Å². The molecule has 0 spiro atoms. The van der Waals surface area contributed by atoms with Gasteiger partial charge >= 0.3 is 0 Å². The molecule has 5 aromatic carbocycles. The van der Waals surface area contributed by atoms with E-state index in [-0.39, 0.29) is 117 Å². The lowest BCUT2D eigenvalue weighted by Gasteiger charge is -2.11. The Labute approximate surface area is 402 Å². The third kappa shape index (κ3) is 8.05. The number of sulfonamides is 1. The fraction of sp³-hybridized carbons (Fsp3) is 0. The lowest BCUT2D eigenvalue weighted by atomic mass is 10.1. The number of nitrogen functional groups attached to an aromatic ring is 1. The molecule has 25 nitrogen and oxygen atoms in total. The van der Waals surface area contributed by atoms with Crippen molar-refractivity contribution in [3.05, 3.63) is 102 Å². The molecule has 4 aromatic heterocycles. The molecular formula is C41H25ClN14O11S4. The van der Waals surface area contributed by atoms with Crippen molar-refractivity contribution >= 4 is 119 Å². The molecule has 0 saturated heterocycles. The highest BCUT2D eigenvalue weighted by molar-refractivity contribution is 7.92. The molecule has 0 aliphatic carbocycles. The van der Waals surface area contributed by atoms with Crippen LogP contribution < -0.4 is 15.8 Å². The second-order valence-corrected chi connectivity index (χ2v) is 21.6. The Hall–Kier alpha value is -8.16. The van der Waals surface area contributed by atoms with Gasteiger partial charge in [0.15, 0.2) is 23.3 Å². The number of nitrogens with two attached hydrogens (primary N) is 1. The van der Waals surface area contributed by atoms with Crippen LogP contribution in [-0.4, -0.2) is 102 Å². The van der Waals surface area contributed by atoms with Crippen molar-refractivity contribution in [1.29, 1.82) is 0 Å². The van der Waals surface area contributed by atoms with Gasteiger partial charge in [0.2, 0.25) is 17.2 Å². The zero-order valence-electron chi connectivity index (χ0n) is 35.0. The van der Waals surface area contributed by atoms with Crippen LogP contribution in [0.25, 0.3) is 89.7 Å². The van der Waals surface area contributed by atoms with Gasteiger partial charge in [0.25, 0.3) is 40.4 Å². The third-order valence-electron chi connectivity index (χ3n) is 10.9. The first-order valence-corrected chi connectivity index (χ1v) is 26.1. The summed E-state index contributed by atoms with van der Waals surface area (Å²) in [5.74, 6) is -1.25. The average molecular weight is 1050 g/mol. The van der Waals surface area contributed by atoms with E-state index in [1.807, 2.05) is 0 Å². The average Bonchev–Trinajstić information content (AvgIpc) is 4.03. The molecule has 0 saturated carbocycles. The van der Waals surface area contributed by atoms with E-state index in [4.69, 9.17) is 17.3 Å². The molecule has 9 aromatic rings. The monoisotopic (exact) mass is 1050 g/mol. The minimum Gasteiger partial charge on any atom is -0.368 e. The maximum absolute atomic E-state index is 14.2. The van der Waals surface area contributed by atoms with E-state index < -0.39 is 55.1 Å². The molecule has 0 unspecified atom stereocenters. The molecule has 0 radical (unpaired) electrons. The van der Waals surface area contributed by atoms with Gasteiger partial charge in [-0.15, -0.1) is 0 Å². The largest absolute Gasteiger partial charge is 0.368 e. The normalized spacial score (nSPS) is 12.7. The summed E-state index contributed by atoms with van der Waals surface area (Å²) < 4.78 is 140. The van der Waals surface area contributed by atoms with E-state index in [9.17, 15) is 47.3 Å². The van der Waals surface area contributed by atoms with E-state index in [1.165, 1.54) is 72.8 Å². The SMILES string of the molecule is Nc1nc(Cl)nc(Nc2cccc(NS(=O)(=O)c3ccc4c(c3)-c3nc-4nc4[nH]c(nc5nc(nc6[nH]c(n3)c3c(S(=O)(=O)O)cccc63)-c3cccc(S(=O)(=O)O)c3-5)c3cccc(S(=O)(=O)O)c43)c2)n1. The van der Waals surface area contributed by atoms with Gasteiger partial charge < -0.3 is 21.0 Å². The van der Waals surface area contributed by atoms with Crippen LogP contribution >= 0.6 is 11.6 Å². The first-order chi connectivity index (χ1) is 33.6. The maximum atomic E-state index is 14.2. The molecule has 11 rings (SSSR count). The molecule has 356 valence electrons. The standard InChI is InChI=1S/C41H25ClN14O11S4/c42-39-53-40(43)55-41(54-39)44-17-5-1-6-18(15-17)56-68(57,58)19-13-14-20-24(16-19)35-45-31(20)47-36-30-23(9-4-12-27(30)71(65,66)67)34(50-36)51-37-28-21(7-2-10-25(28)69(59,60)61)32(48-37)46-33-22-8-3-11-26(70(62,63)64)29(22)38(49-33)52-35/h1-16,56H,(H,59,60,61)(H,62,63,64)(H,65,66,67)(H3,43,44,53,54,55)(H2,45,46,47,48,49,50,51,52). The van der Waals surface area contributed by atoms with Crippen LogP contribution in [0.3, 0.4) is 0 Å². The van der Waals surface area contributed by atoms with Crippen LogP contribution in [0.4, 0.5) is 23.3 Å². The Bertz CT molecular complexity index is 4500. The molecule has 2 aliphatic rings. The van der Waals surface area contributed by atoms with Crippen molar-refractivity contribution in [2.45, 2.75) is 19.6 Å². The van der Waals surface area contributed by atoms with Crippen molar-refractivity contribution in [1.82, 2.24) is 54.8 Å². The second-order valence-electron chi connectivity index (χ2n) is 15.4. The summed E-state index contributed by atoms with van der Waals surface area (Å²) in [6.07, 6.45) is 0. The smallest absolute Gasteiger partial charge is 0.295 e. The van der Waals surface area contributed by atoms with Crippen LogP contribution in [0.2, 0.25) is 5.28 Å². The quantitative estimate of drug-likeness (QED) is 0.0861. The number of hydrogen-bond donors (Lipinski definition) is 8. The lowest BCUT2D eigenvalue weighted by molar-refractivity contribution is 0.481. The van der Waals surface area contributed by atoms with Gasteiger partial charge in [0.1, 0.15) is 37.3 Å². The Morgan fingerprint density at radius 1 is 0.493 bits per heavy atom. The molecule has 2 aliphatic heterocycles. The predicted molar refractivity (Wildman–Crippen MR) is 255 cm³/mol. The van der Waals surface area contributed by atoms with Crippen LogP contribution in [0.15, 0.2) is 117 Å². The summed E-state index contributed by atoms with van der Waals surface area (Å²) in [6.45, 7) is 0. The van der Waals surface area contributed by atoms with E-state index in [1.54, 1.807) is 6.07 Å². The number of benzene rings is 5. The molecular weight excluding hydrogens is 1030 g/mol. The number of anilines is 4. The predicted octanol–water partition coefficient (Wildman–Crippen LogP) is 5.57. The first-order valence-electron chi connectivity index (χ1n) is 19.9. The van der Waals surface area contributed by atoms with Crippen LogP contribution in [0.1, 0.15) is 0 Å². The third-order valence-corrected chi connectivity index (χ3v) is 15.1. The number of aromatic nitrogens is 11. The summed E-state index contributed by atoms with van der Waals surface area (Å²) in [6, 6.07) is 21.3.